The van der Waals surface area contributed by atoms with Gasteiger partial charge in [0.05, 0.1) is 0 Å². The third-order valence-corrected chi connectivity index (χ3v) is 7.01. The van der Waals surface area contributed by atoms with Crippen molar-refractivity contribution in [1.82, 2.24) is 39.5 Å². The number of hydrogen-bond donors (Lipinski definition) is 1. The second kappa shape index (κ2) is 9.99. The molecule has 3 aromatic heterocycles. The zero-order chi connectivity index (χ0) is 29.4. The molecule has 0 aliphatic carbocycles. The molecule has 2 aliphatic rings. The summed E-state index contributed by atoms with van der Waals surface area (Å²) in [5.74, 6) is 2.33. The Kier molecular flexibility index (Phi) is 7.50. The number of H-pyrrole nitrogens is 1. The van der Waals surface area contributed by atoms with Gasteiger partial charge in [0.2, 0.25) is 0 Å². The van der Waals surface area contributed by atoms with Crippen molar-refractivity contribution in [1.29, 1.82) is 0 Å². The van der Waals surface area contributed by atoms with Gasteiger partial charge in [-0.1, -0.05) is 62.3 Å². The van der Waals surface area contributed by atoms with Gasteiger partial charge in [-0.3, -0.25) is 0 Å². The molecule has 1 radical (unpaired) electrons. The maximum absolute atomic E-state index is 5.47. The van der Waals surface area contributed by atoms with Crippen LogP contribution in [0, 0.1) is 0 Å². The minimum Gasteiger partial charge on any atom is -0.325 e. The summed E-state index contributed by atoms with van der Waals surface area (Å²) in [5.41, 5.74) is 5.84. The van der Waals surface area contributed by atoms with Crippen molar-refractivity contribution < 1.29 is 17.1 Å². The fourth-order valence-electron chi connectivity index (χ4n) is 5.35. The van der Waals surface area contributed by atoms with Crippen LogP contribution in [0.5, 0.6) is 0 Å². The number of rotatable bonds is 0. The van der Waals surface area contributed by atoms with Gasteiger partial charge in [0.1, 0.15) is 22.6 Å². The maximum Gasteiger partial charge on any atom is 2.00 e. The van der Waals surface area contributed by atoms with Gasteiger partial charge in [0.15, 0.2) is 23.3 Å². The second-order valence-corrected chi connectivity index (χ2v) is 14.8. The molecule has 0 spiro atoms. The Morgan fingerprint density at radius 3 is 1.37 bits per heavy atom. The Labute approximate surface area is 253 Å². The third kappa shape index (κ3) is 5.93. The van der Waals surface area contributed by atoms with Crippen LogP contribution in [-0.4, -0.2) is 39.5 Å². The molecule has 0 saturated carbocycles. The van der Waals surface area contributed by atoms with E-state index in [9.17, 15) is 0 Å². The summed E-state index contributed by atoms with van der Waals surface area (Å²) >= 11 is 0. The fraction of sp³-hybridized carbons (Fsp3) is 0.500. The molecule has 0 amide bonds. The van der Waals surface area contributed by atoms with E-state index in [1.807, 2.05) is 24.3 Å². The average Bonchev–Trinajstić information content (AvgIpc) is 3.53. The molecule has 0 saturated heterocycles. The van der Waals surface area contributed by atoms with E-state index in [1.165, 1.54) is 11.1 Å². The maximum atomic E-state index is 5.47. The van der Waals surface area contributed by atoms with Gasteiger partial charge in [-0.15, -0.1) is 0 Å². The molecule has 8 bridgehead atoms. The number of hydrogen-bond acceptors (Lipinski definition) is 6. The first kappa shape index (κ1) is 30.8. The van der Waals surface area contributed by atoms with Crippen molar-refractivity contribution in [3.05, 3.63) is 46.1 Å². The largest absolute Gasteiger partial charge is 2.00 e. The van der Waals surface area contributed by atoms with Crippen LogP contribution in [0.25, 0.3) is 46.9 Å². The van der Waals surface area contributed by atoms with Crippen LogP contribution in [0.1, 0.15) is 123 Å². The second-order valence-electron chi connectivity index (χ2n) is 14.8. The molecule has 9 heteroatoms. The summed E-state index contributed by atoms with van der Waals surface area (Å²) in [6.45, 7) is 26.7. The van der Waals surface area contributed by atoms with E-state index in [0.717, 1.165) is 22.5 Å². The molecule has 8 nitrogen and oxygen atoms in total. The van der Waals surface area contributed by atoms with Crippen molar-refractivity contribution in [2.75, 3.05) is 0 Å². The van der Waals surface area contributed by atoms with Crippen LogP contribution in [-0.2, 0) is 38.9 Å². The smallest absolute Gasteiger partial charge is 0.325 e. The van der Waals surface area contributed by atoms with E-state index < -0.39 is 0 Å². The summed E-state index contributed by atoms with van der Waals surface area (Å²) in [6, 6.07) is 2.09. The van der Waals surface area contributed by atoms with Crippen LogP contribution in [0.4, 0.5) is 0 Å². The van der Waals surface area contributed by atoms with Gasteiger partial charge in [0, 0.05) is 22.2 Å². The van der Waals surface area contributed by atoms with E-state index in [4.69, 9.17) is 19.9 Å². The van der Waals surface area contributed by atoms with Crippen LogP contribution < -0.4 is 0 Å². The van der Waals surface area contributed by atoms with Crippen LogP contribution in [0.15, 0.2) is 6.07 Å². The Balaban J connectivity index is 0.00000387. The first-order chi connectivity index (χ1) is 18.3. The Bertz CT molecular complexity index is 1730. The SMILES string of the molecule is CC(C)(C)c1cc2nc3nc(nc4nc(nc5c(C(C)(C)C)c(C(C)(C)C)c(nc1[nH]2)n5C(C)(C)C)C=C4)C=C3.[Cu+2]. The molecule has 0 fully saturated rings. The van der Waals surface area contributed by atoms with Gasteiger partial charge < -0.3 is 9.55 Å². The molecule has 5 rings (SSSR count). The van der Waals surface area contributed by atoms with E-state index in [1.54, 1.807) is 0 Å². The molecule has 3 aromatic rings. The number of nitrogens with one attached hydrogen (secondary N) is 1. The standard InChI is InChI=1S/C32H42N8.Cu/c1-29(2,3)18-17-23-36-21-14-13-19(34-21)33-20-15-16-22(35-20)38-27-24(30(4,5)6)25(31(7,8)9)28(39-26(18)37-23)40(27)32(10,11)12;/h13-17H,1-12H3,(H,33,34,35,36,37,38,39);/q;+2. The molecule has 0 aromatic carbocycles. The summed E-state index contributed by atoms with van der Waals surface area (Å²) in [6.07, 6.45) is 7.51. The minimum absolute atomic E-state index is 0. The quantitative estimate of drug-likeness (QED) is 0.186. The molecule has 5 heterocycles. The van der Waals surface area contributed by atoms with E-state index in [-0.39, 0.29) is 38.9 Å². The van der Waals surface area contributed by atoms with Gasteiger partial charge in [-0.25, -0.2) is 29.9 Å². The topological polar surface area (TPSA) is 98.1 Å². The van der Waals surface area contributed by atoms with Gasteiger partial charge in [-0.2, -0.15) is 0 Å². The normalized spacial score (nSPS) is 14.0. The Hall–Kier alpha value is -3.16. The molecule has 0 atom stereocenters. The van der Waals surface area contributed by atoms with Crippen molar-refractivity contribution >= 4 is 46.9 Å². The number of nitrogens with zero attached hydrogens (tertiary/aromatic N) is 7. The van der Waals surface area contributed by atoms with Crippen molar-refractivity contribution in [2.45, 2.75) is 105 Å². The van der Waals surface area contributed by atoms with E-state index in [0.29, 0.717) is 28.9 Å². The first-order valence-corrected chi connectivity index (χ1v) is 14.0. The molecular formula is C32H42CuN8+2. The molecule has 0 unspecified atom stereocenters. The van der Waals surface area contributed by atoms with Crippen LogP contribution >= 0.6 is 0 Å². The Morgan fingerprint density at radius 1 is 0.537 bits per heavy atom. The van der Waals surface area contributed by atoms with Gasteiger partial charge in [-0.05, 0) is 67.4 Å². The Morgan fingerprint density at radius 2 is 0.951 bits per heavy atom. The average molecular weight is 602 g/mol. The van der Waals surface area contributed by atoms with Gasteiger partial charge >= 0.3 is 17.1 Å². The molecular weight excluding hydrogens is 560 g/mol. The third-order valence-electron chi connectivity index (χ3n) is 7.01. The zero-order valence-corrected chi connectivity index (χ0v) is 27.3. The monoisotopic (exact) mass is 601 g/mol. The van der Waals surface area contributed by atoms with E-state index >= 15 is 0 Å². The fourth-order valence-corrected chi connectivity index (χ4v) is 5.35. The van der Waals surface area contributed by atoms with Crippen LogP contribution in [0.3, 0.4) is 0 Å². The molecule has 1 N–H and O–H groups in total. The summed E-state index contributed by atoms with van der Waals surface area (Å²) in [5, 5.41) is 0. The van der Waals surface area contributed by atoms with E-state index in [2.05, 4.69) is 109 Å². The summed E-state index contributed by atoms with van der Waals surface area (Å²) in [7, 11) is 0. The predicted octanol–water partition coefficient (Wildman–Crippen LogP) is 7.35. The number of aromatic amines is 1. The minimum atomic E-state index is -0.318. The van der Waals surface area contributed by atoms with Crippen LogP contribution in [0.2, 0.25) is 0 Å². The predicted molar refractivity (Wildman–Crippen MR) is 165 cm³/mol. The zero-order valence-electron chi connectivity index (χ0n) is 26.3. The molecule has 219 valence electrons. The van der Waals surface area contributed by atoms with Crippen molar-refractivity contribution in [3.63, 3.8) is 0 Å². The number of aromatic nitrogens is 8. The van der Waals surface area contributed by atoms with Gasteiger partial charge in [0.25, 0.3) is 0 Å². The summed E-state index contributed by atoms with van der Waals surface area (Å²) < 4.78 is 2.29. The first-order valence-electron chi connectivity index (χ1n) is 14.0. The number of fused-ring (bicyclic) bond motifs is 8. The van der Waals surface area contributed by atoms with Crippen molar-refractivity contribution in [3.8, 4) is 0 Å². The summed E-state index contributed by atoms with van der Waals surface area (Å²) in [4.78, 5) is 33.0. The molecule has 41 heavy (non-hydrogen) atoms. The van der Waals surface area contributed by atoms with Crippen molar-refractivity contribution in [2.24, 2.45) is 0 Å². The molecule has 2 aliphatic heterocycles.